The molecule has 1 amide bonds. The van der Waals surface area contributed by atoms with Crippen molar-refractivity contribution in [3.63, 3.8) is 0 Å². The molecule has 1 unspecified atom stereocenters. The smallest absolute Gasteiger partial charge is 0.264 e. The van der Waals surface area contributed by atoms with Crippen LogP contribution in [0, 0.1) is 6.92 Å². The highest BCUT2D eigenvalue weighted by Crippen LogP contribution is 2.33. The molecule has 1 aliphatic rings. The SMILES string of the molecule is Cc1cc(C2CCCN2C(=O)c2cccs2)on1. The molecule has 0 N–H and O–H groups in total. The molecule has 2 aromatic rings. The summed E-state index contributed by atoms with van der Waals surface area (Å²) in [5.74, 6) is 0.899. The van der Waals surface area contributed by atoms with Crippen LogP contribution in [-0.2, 0) is 0 Å². The Bertz CT molecular complexity index is 547. The molecule has 0 bridgehead atoms. The first-order valence-corrected chi connectivity index (χ1v) is 6.91. The zero-order valence-electron chi connectivity index (χ0n) is 10.1. The molecule has 1 atom stereocenters. The van der Waals surface area contributed by atoms with Crippen molar-refractivity contribution >= 4 is 17.2 Å². The minimum Gasteiger partial charge on any atom is -0.359 e. The van der Waals surface area contributed by atoms with Crippen molar-refractivity contribution in [2.45, 2.75) is 25.8 Å². The Morgan fingerprint density at radius 2 is 2.50 bits per heavy atom. The molecule has 4 nitrogen and oxygen atoms in total. The van der Waals surface area contributed by atoms with Gasteiger partial charge in [-0.3, -0.25) is 4.79 Å². The van der Waals surface area contributed by atoms with E-state index in [2.05, 4.69) is 5.16 Å². The van der Waals surface area contributed by atoms with Crippen LogP contribution in [0.2, 0.25) is 0 Å². The molecule has 3 heterocycles. The van der Waals surface area contributed by atoms with Gasteiger partial charge in [0.2, 0.25) is 0 Å². The van der Waals surface area contributed by atoms with Crippen molar-refractivity contribution < 1.29 is 9.32 Å². The second-order valence-corrected chi connectivity index (χ2v) is 5.45. The summed E-state index contributed by atoms with van der Waals surface area (Å²) in [6, 6.07) is 5.74. The van der Waals surface area contributed by atoms with E-state index >= 15 is 0 Å². The van der Waals surface area contributed by atoms with E-state index in [-0.39, 0.29) is 11.9 Å². The molecule has 0 aliphatic carbocycles. The number of hydrogen-bond acceptors (Lipinski definition) is 4. The van der Waals surface area contributed by atoms with Crippen molar-refractivity contribution in [2.24, 2.45) is 0 Å². The largest absolute Gasteiger partial charge is 0.359 e. The molecule has 94 valence electrons. The topological polar surface area (TPSA) is 46.3 Å². The van der Waals surface area contributed by atoms with Crippen LogP contribution in [0.3, 0.4) is 0 Å². The summed E-state index contributed by atoms with van der Waals surface area (Å²) in [5.41, 5.74) is 0.862. The summed E-state index contributed by atoms with van der Waals surface area (Å²) in [5, 5.41) is 5.83. The molecule has 0 aromatic carbocycles. The summed E-state index contributed by atoms with van der Waals surface area (Å²) in [4.78, 5) is 15.1. The van der Waals surface area contributed by atoms with Crippen LogP contribution in [0.15, 0.2) is 28.1 Å². The predicted molar refractivity (Wildman–Crippen MR) is 68.6 cm³/mol. The molecule has 5 heteroatoms. The Morgan fingerprint density at radius 3 is 3.17 bits per heavy atom. The molecule has 0 radical (unpaired) electrons. The average Bonchev–Trinajstić information content (AvgIpc) is 3.09. The number of aromatic nitrogens is 1. The molecule has 0 spiro atoms. The number of hydrogen-bond donors (Lipinski definition) is 0. The number of aryl methyl sites for hydroxylation is 1. The van der Waals surface area contributed by atoms with Gasteiger partial charge in [0.1, 0.15) is 0 Å². The maximum Gasteiger partial charge on any atom is 0.264 e. The minimum absolute atomic E-state index is 0.0424. The first kappa shape index (κ1) is 11.5. The third-order valence-electron chi connectivity index (χ3n) is 3.22. The van der Waals surface area contributed by atoms with Crippen molar-refractivity contribution in [2.75, 3.05) is 6.54 Å². The Kier molecular flexibility index (Phi) is 2.91. The van der Waals surface area contributed by atoms with Crippen LogP contribution in [0.4, 0.5) is 0 Å². The van der Waals surface area contributed by atoms with Crippen LogP contribution in [-0.4, -0.2) is 22.5 Å². The minimum atomic E-state index is 0.0424. The van der Waals surface area contributed by atoms with E-state index in [0.717, 1.165) is 35.7 Å². The van der Waals surface area contributed by atoms with Crippen LogP contribution in [0.25, 0.3) is 0 Å². The van der Waals surface area contributed by atoms with E-state index in [1.54, 1.807) is 0 Å². The van der Waals surface area contributed by atoms with E-state index < -0.39 is 0 Å². The molecule has 1 saturated heterocycles. The molecule has 1 fully saturated rings. The van der Waals surface area contributed by atoms with Gasteiger partial charge in [0, 0.05) is 12.6 Å². The molecular formula is C13H14N2O2S. The second-order valence-electron chi connectivity index (χ2n) is 4.50. The number of amides is 1. The van der Waals surface area contributed by atoms with Gasteiger partial charge in [0.25, 0.3) is 5.91 Å². The number of carbonyl (C=O) groups excluding carboxylic acids is 1. The van der Waals surface area contributed by atoms with Crippen LogP contribution in [0.1, 0.15) is 40.0 Å². The highest BCUT2D eigenvalue weighted by molar-refractivity contribution is 7.12. The second kappa shape index (κ2) is 4.57. The highest BCUT2D eigenvalue weighted by atomic mass is 32.1. The van der Waals surface area contributed by atoms with Gasteiger partial charge in [0.05, 0.1) is 16.6 Å². The lowest BCUT2D eigenvalue weighted by atomic mass is 10.1. The normalized spacial score (nSPS) is 19.4. The molecule has 1 aliphatic heterocycles. The highest BCUT2D eigenvalue weighted by Gasteiger charge is 2.33. The predicted octanol–water partition coefficient (Wildman–Crippen LogP) is 3.02. The number of carbonyl (C=O) groups is 1. The van der Waals surface area contributed by atoms with E-state index in [9.17, 15) is 4.79 Å². The van der Waals surface area contributed by atoms with Crippen LogP contribution < -0.4 is 0 Å². The van der Waals surface area contributed by atoms with Crippen molar-refractivity contribution in [1.29, 1.82) is 0 Å². The summed E-state index contributed by atoms with van der Waals surface area (Å²) >= 11 is 1.48. The fourth-order valence-electron chi connectivity index (χ4n) is 2.39. The Hall–Kier alpha value is -1.62. The number of thiophene rings is 1. The average molecular weight is 262 g/mol. The standard InChI is InChI=1S/C13H14N2O2S/c1-9-8-11(17-14-9)10-4-2-6-15(10)13(16)12-5-3-7-18-12/h3,5,7-8,10H,2,4,6H2,1H3. The first-order chi connectivity index (χ1) is 8.75. The van der Waals surface area contributed by atoms with Crippen LogP contribution >= 0.6 is 11.3 Å². The number of rotatable bonds is 2. The zero-order chi connectivity index (χ0) is 12.5. The Balaban J connectivity index is 1.85. The number of nitrogens with zero attached hydrogens (tertiary/aromatic N) is 2. The summed E-state index contributed by atoms with van der Waals surface area (Å²) < 4.78 is 5.31. The van der Waals surface area contributed by atoms with Gasteiger partial charge in [-0.25, -0.2) is 0 Å². The molecule has 3 rings (SSSR count). The van der Waals surface area contributed by atoms with Gasteiger partial charge in [-0.1, -0.05) is 11.2 Å². The molecular weight excluding hydrogens is 248 g/mol. The fourth-order valence-corrected chi connectivity index (χ4v) is 3.07. The molecule has 0 saturated carbocycles. The Labute approximate surface area is 109 Å². The van der Waals surface area contributed by atoms with Crippen molar-refractivity contribution in [3.8, 4) is 0 Å². The maximum absolute atomic E-state index is 12.4. The summed E-state index contributed by atoms with van der Waals surface area (Å²) in [7, 11) is 0. The zero-order valence-corrected chi connectivity index (χ0v) is 10.9. The lowest BCUT2D eigenvalue weighted by molar-refractivity contribution is 0.0719. The maximum atomic E-state index is 12.4. The van der Waals surface area contributed by atoms with Crippen molar-refractivity contribution in [3.05, 3.63) is 39.9 Å². The quantitative estimate of drug-likeness (QED) is 0.835. The van der Waals surface area contributed by atoms with Crippen LogP contribution in [0.5, 0.6) is 0 Å². The number of likely N-dealkylation sites (tertiary alicyclic amines) is 1. The van der Waals surface area contributed by atoms with Crippen molar-refractivity contribution in [1.82, 2.24) is 10.1 Å². The lowest BCUT2D eigenvalue weighted by Crippen LogP contribution is -2.29. The third kappa shape index (κ3) is 1.95. The van der Waals surface area contributed by atoms with Gasteiger partial charge in [0.15, 0.2) is 5.76 Å². The third-order valence-corrected chi connectivity index (χ3v) is 4.08. The Morgan fingerprint density at radius 1 is 1.61 bits per heavy atom. The van der Waals surface area contributed by atoms with E-state index in [1.807, 2.05) is 35.4 Å². The summed E-state index contributed by atoms with van der Waals surface area (Å²) in [6.45, 7) is 2.69. The van der Waals surface area contributed by atoms with E-state index in [4.69, 9.17) is 4.52 Å². The summed E-state index contributed by atoms with van der Waals surface area (Å²) in [6.07, 6.45) is 1.97. The lowest BCUT2D eigenvalue weighted by Gasteiger charge is -2.21. The monoisotopic (exact) mass is 262 g/mol. The molecule has 2 aromatic heterocycles. The van der Waals surface area contributed by atoms with Gasteiger partial charge in [-0.2, -0.15) is 0 Å². The van der Waals surface area contributed by atoms with E-state index in [1.165, 1.54) is 11.3 Å². The van der Waals surface area contributed by atoms with Gasteiger partial charge in [-0.05, 0) is 31.2 Å². The van der Waals surface area contributed by atoms with Gasteiger partial charge < -0.3 is 9.42 Å². The van der Waals surface area contributed by atoms with Gasteiger partial charge >= 0.3 is 0 Å². The molecule has 18 heavy (non-hydrogen) atoms. The van der Waals surface area contributed by atoms with E-state index in [0.29, 0.717) is 0 Å². The first-order valence-electron chi connectivity index (χ1n) is 6.03. The van der Waals surface area contributed by atoms with Gasteiger partial charge in [-0.15, -0.1) is 11.3 Å². The fraction of sp³-hybridized carbons (Fsp3) is 0.385.